The normalized spacial score (nSPS) is 13.0. The van der Waals surface area contributed by atoms with E-state index >= 15 is 0 Å². The minimum atomic E-state index is -3.22. The molecular formula is C9H17N3O2S2. The minimum absolute atomic E-state index is 0.494. The zero-order chi connectivity index (χ0) is 12.6. The zero-order valence-corrected chi connectivity index (χ0v) is 11.5. The Morgan fingerprint density at radius 1 is 1.56 bits per heavy atom. The third-order valence-corrected chi connectivity index (χ3v) is 3.35. The lowest BCUT2D eigenvalue weighted by Crippen LogP contribution is -2.46. The van der Waals surface area contributed by atoms with Gasteiger partial charge in [-0.25, -0.2) is 13.1 Å². The molecule has 0 unspecified atom stereocenters. The Labute approximate surface area is 101 Å². The maximum atomic E-state index is 11.2. The number of imidazole rings is 1. The SMILES string of the molecule is Cc1c[nH]c(=S)n1CC(C)(C)NS(C)(=O)=O. The summed E-state index contributed by atoms with van der Waals surface area (Å²) in [5.41, 5.74) is 0.409. The molecule has 0 saturated heterocycles. The van der Waals surface area contributed by atoms with Crippen molar-refractivity contribution in [2.45, 2.75) is 32.9 Å². The lowest BCUT2D eigenvalue weighted by molar-refractivity contribution is 0.385. The average molecular weight is 263 g/mol. The van der Waals surface area contributed by atoms with Crippen molar-refractivity contribution in [2.24, 2.45) is 0 Å². The minimum Gasteiger partial charge on any atom is -0.337 e. The van der Waals surface area contributed by atoms with Crippen molar-refractivity contribution >= 4 is 22.2 Å². The molecule has 0 amide bonds. The molecule has 0 atom stereocenters. The first-order chi connectivity index (χ1) is 7.11. The second-order valence-corrected chi connectivity index (χ2v) is 6.71. The Kier molecular flexibility index (Phi) is 3.61. The van der Waals surface area contributed by atoms with Crippen LogP contribution in [0.1, 0.15) is 19.5 Å². The van der Waals surface area contributed by atoms with E-state index in [0.29, 0.717) is 11.3 Å². The third-order valence-electron chi connectivity index (χ3n) is 2.09. The third kappa shape index (κ3) is 3.73. The van der Waals surface area contributed by atoms with Crippen LogP contribution in [0.3, 0.4) is 0 Å². The number of sulfonamides is 1. The topological polar surface area (TPSA) is 66.9 Å². The van der Waals surface area contributed by atoms with Gasteiger partial charge in [0.15, 0.2) is 4.77 Å². The fourth-order valence-corrected chi connectivity index (χ4v) is 2.94. The van der Waals surface area contributed by atoms with Gasteiger partial charge in [0, 0.05) is 24.0 Å². The maximum absolute atomic E-state index is 11.2. The van der Waals surface area contributed by atoms with Gasteiger partial charge in [-0.05, 0) is 33.0 Å². The lowest BCUT2D eigenvalue weighted by atomic mass is 10.1. The molecule has 0 bridgehead atoms. The van der Waals surface area contributed by atoms with Gasteiger partial charge >= 0.3 is 0 Å². The van der Waals surface area contributed by atoms with Crippen LogP contribution < -0.4 is 4.72 Å². The van der Waals surface area contributed by atoms with Crippen LogP contribution in [-0.2, 0) is 16.6 Å². The largest absolute Gasteiger partial charge is 0.337 e. The highest BCUT2D eigenvalue weighted by atomic mass is 32.2. The summed E-state index contributed by atoms with van der Waals surface area (Å²) in [6, 6.07) is 0. The van der Waals surface area contributed by atoms with Crippen molar-refractivity contribution in [3.05, 3.63) is 16.7 Å². The Hall–Kier alpha value is -0.660. The summed E-state index contributed by atoms with van der Waals surface area (Å²) in [6.45, 7) is 6.06. The van der Waals surface area contributed by atoms with Crippen molar-refractivity contribution in [2.75, 3.05) is 6.26 Å². The second-order valence-electron chi connectivity index (χ2n) is 4.58. The monoisotopic (exact) mass is 263 g/mol. The van der Waals surface area contributed by atoms with Crippen LogP contribution >= 0.6 is 12.2 Å². The molecule has 2 N–H and O–H groups in total. The fourth-order valence-electron chi connectivity index (χ4n) is 1.61. The van der Waals surface area contributed by atoms with Gasteiger partial charge in [-0.15, -0.1) is 0 Å². The van der Waals surface area contributed by atoms with E-state index < -0.39 is 15.6 Å². The number of H-pyrrole nitrogens is 1. The molecular weight excluding hydrogens is 246 g/mol. The van der Waals surface area contributed by atoms with Gasteiger partial charge in [-0.3, -0.25) is 0 Å². The van der Waals surface area contributed by atoms with E-state index in [2.05, 4.69) is 9.71 Å². The molecule has 0 fully saturated rings. The summed E-state index contributed by atoms with van der Waals surface area (Å²) in [6.07, 6.45) is 2.96. The Morgan fingerprint density at radius 2 is 2.12 bits per heavy atom. The fraction of sp³-hybridized carbons (Fsp3) is 0.667. The molecule has 0 radical (unpaired) electrons. The summed E-state index contributed by atoms with van der Waals surface area (Å²) in [4.78, 5) is 2.92. The first-order valence-corrected chi connectivity index (χ1v) is 7.14. The molecule has 1 aromatic heterocycles. The summed E-state index contributed by atoms with van der Waals surface area (Å²) in [7, 11) is -3.22. The van der Waals surface area contributed by atoms with Crippen molar-refractivity contribution in [1.82, 2.24) is 14.3 Å². The summed E-state index contributed by atoms with van der Waals surface area (Å²) >= 11 is 5.11. The van der Waals surface area contributed by atoms with Gasteiger partial charge in [0.2, 0.25) is 10.0 Å². The molecule has 0 aliphatic heterocycles. The highest BCUT2D eigenvalue weighted by Gasteiger charge is 2.23. The van der Waals surface area contributed by atoms with E-state index in [9.17, 15) is 8.42 Å². The lowest BCUT2D eigenvalue weighted by Gasteiger charge is -2.26. The zero-order valence-electron chi connectivity index (χ0n) is 9.86. The molecule has 1 rings (SSSR count). The van der Waals surface area contributed by atoms with Gasteiger partial charge in [-0.1, -0.05) is 0 Å². The van der Waals surface area contributed by atoms with Crippen LogP contribution in [0, 0.1) is 11.7 Å². The van der Waals surface area contributed by atoms with Crippen LogP contribution in [0.2, 0.25) is 0 Å². The van der Waals surface area contributed by atoms with E-state index in [1.165, 1.54) is 0 Å². The Morgan fingerprint density at radius 3 is 2.50 bits per heavy atom. The maximum Gasteiger partial charge on any atom is 0.209 e. The molecule has 1 heterocycles. The molecule has 0 aliphatic carbocycles. The van der Waals surface area contributed by atoms with Crippen molar-refractivity contribution in [3.63, 3.8) is 0 Å². The number of aromatic nitrogens is 2. The second kappa shape index (κ2) is 4.31. The Balaban J connectivity index is 2.93. The van der Waals surface area contributed by atoms with Crippen LogP contribution in [0.5, 0.6) is 0 Å². The summed E-state index contributed by atoms with van der Waals surface area (Å²) in [5, 5.41) is 0. The number of aromatic amines is 1. The molecule has 92 valence electrons. The quantitative estimate of drug-likeness (QED) is 0.802. The molecule has 0 aromatic carbocycles. The molecule has 16 heavy (non-hydrogen) atoms. The van der Waals surface area contributed by atoms with Gasteiger partial charge in [0.05, 0.1) is 6.26 Å². The van der Waals surface area contributed by atoms with Gasteiger partial charge in [0.25, 0.3) is 0 Å². The smallest absolute Gasteiger partial charge is 0.209 e. The van der Waals surface area contributed by atoms with E-state index in [-0.39, 0.29) is 0 Å². The van der Waals surface area contributed by atoms with Gasteiger partial charge in [-0.2, -0.15) is 0 Å². The molecule has 0 saturated carbocycles. The molecule has 7 heteroatoms. The number of hydrogen-bond donors (Lipinski definition) is 2. The first-order valence-electron chi connectivity index (χ1n) is 4.84. The van der Waals surface area contributed by atoms with Crippen LogP contribution in [-0.4, -0.2) is 29.8 Å². The predicted octanol–water partition coefficient (Wildman–Crippen LogP) is 1.18. The predicted molar refractivity (Wildman–Crippen MR) is 66.4 cm³/mol. The molecule has 1 aromatic rings. The number of rotatable bonds is 4. The standard InChI is InChI=1S/C9H17N3O2S2/c1-7-5-10-8(15)12(7)6-9(2,3)11-16(4,13)14/h5,11H,6H2,1-4H3,(H,10,15). The number of nitrogens with one attached hydrogen (secondary N) is 2. The van der Waals surface area contributed by atoms with Crippen LogP contribution in [0.4, 0.5) is 0 Å². The van der Waals surface area contributed by atoms with Gasteiger partial charge < -0.3 is 9.55 Å². The highest BCUT2D eigenvalue weighted by molar-refractivity contribution is 7.88. The molecule has 0 aliphatic rings. The van der Waals surface area contributed by atoms with Gasteiger partial charge in [0.1, 0.15) is 0 Å². The number of aryl methyl sites for hydroxylation is 1. The number of hydrogen-bond acceptors (Lipinski definition) is 3. The number of nitrogens with zero attached hydrogens (tertiary/aromatic N) is 1. The van der Waals surface area contributed by atoms with Crippen molar-refractivity contribution in [1.29, 1.82) is 0 Å². The highest BCUT2D eigenvalue weighted by Crippen LogP contribution is 2.11. The molecule has 0 spiro atoms. The van der Waals surface area contributed by atoms with Crippen LogP contribution in [0.15, 0.2) is 6.20 Å². The molecule has 5 nitrogen and oxygen atoms in total. The van der Waals surface area contributed by atoms with E-state index in [1.54, 1.807) is 6.20 Å². The van der Waals surface area contributed by atoms with E-state index in [1.807, 2.05) is 25.3 Å². The average Bonchev–Trinajstić information content (AvgIpc) is 2.30. The van der Waals surface area contributed by atoms with Crippen LogP contribution in [0.25, 0.3) is 0 Å². The van der Waals surface area contributed by atoms with Crippen molar-refractivity contribution < 1.29 is 8.42 Å². The van der Waals surface area contributed by atoms with E-state index in [0.717, 1.165) is 11.9 Å². The summed E-state index contributed by atoms with van der Waals surface area (Å²) in [5.74, 6) is 0. The van der Waals surface area contributed by atoms with Crippen molar-refractivity contribution in [3.8, 4) is 0 Å². The Bertz CT molecular complexity index is 525. The van der Waals surface area contributed by atoms with E-state index in [4.69, 9.17) is 12.2 Å². The first kappa shape index (κ1) is 13.4. The summed E-state index contributed by atoms with van der Waals surface area (Å²) < 4.78 is 27.4.